The Labute approximate surface area is 350 Å². The first-order valence-electron chi connectivity index (χ1n) is 20.5. The van der Waals surface area contributed by atoms with E-state index in [1.165, 1.54) is 33.0 Å². The molecule has 2 nitrogen and oxygen atoms in total. The minimum Gasteiger partial charge on any atom is -0.456 e. The van der Waals surface area contributed by atoms with Crippen LogP contribution in [0.1, 0.15) is 0 Å². The largest absolute Gasteiger partial charge is 0.456 e. The highest BCUT2D eigenvalue weighted by Crippen LogP contribution is 2.50. The van der Waals surface area contributed by atoms with Crippen LogP contribution in [0, 0.1) is 0 Å². The van der Waals surface area contributed by atoms with E-state index >= 15 is 0 Å². The Kier molecular flexibility index (Phi) is 8.87. The van der Waals surface area contributed by atoms with E-state index in [2.05, 4.69) is 241 Å². The van der Waals surface area contributed by atoms with Crippen molar-refractivity contribution in [2.45, 2.75) is 0 Å². The zero-order valence-electron chi connectivity index (χ0n) is 32.9. The standard InChI is InChI=1S/C58H39NO/c1-4-12-40(13-5-1)44-20-28-50(29-21-44)59(52-32-24-43-18-10-11-19-46(43)36-52)51-30-22-45(23-31-51)48-27-35-57-56(38-48)53-33-25-47(41-14-6-2-7-15-41)37-55(53)54-34-26-49(39-58(54)60-57)42-16-8-3-9-17-42/h1-39H. The summed E-state index contributed by atoms with van der Waals surface area (Å²) in [5.41, 5.74) is 17.1. The molecule has 282 valence electrons. The van der Waals surface area contributed by atoms with Gasteiger partial charge in [0.1, 0.15) is 11.5 Å². The van der Waals surface area contributed by atoms with E-state index in [-0.39, 0.29) is 0 Å². The average Bonchev–Trinajstić information content (AvgIpc) is 3.46. The maximum absolute atomic E-state index is 6.89. The van der Waals surface area contributed by atoms with Gasteiger partial charge in [-0.2, -0.15) is 0 Å². The van der Waals surface area contributed by atoms with Crippen molar-refractivity contribution in [3.05, 3.63) is 237 Å². The lowest BCUT2D eigenvalue weighted by Gasteiger charge is -2.26. The molecule has 10 aromatic carbocycles. The second-order valence-corrected chi connectivity index (χ2v) is 15.3. The monoisotopic (exact) mass is 765 g/mol. The van der Waals surface area contributed by atoms with Crippen molar-refractivity contribution in [2.75, 3.05) is 4.90 Å². The highest BCUT2D eigenvalue weighted by molar-refractivity contribution is 5.95. The zero-order chi connectivity index (χ0) is 39.8. The Bertz CT molecular complexity index is 3140. The highest BCUT2D eigenvalue weighted by atomic mass is 16.5. The molecule has 60 heavy (non-hydrogen) atoms. The fourth-order valence-electron chi connectivity index (χ4n) is 8.58. The topological polar surface area (TPSA) is 12.5 Å². The Morgan fingerprint density at radius 2 is 0.667 bits per heavy atom. The van der Waals surface area contributed by atoms with Gasteiger partial charge in [-0.1, -0.05) is 170 Å². The first kappa shape index (κ1) is 35.2. The lowest BCUT2D eigenvalue weighted by Crippen LogP contribution is -2.09. The molecule has 11 rings (SSSR count). The molecule has 0 saturated carbocycles. The molecule has 10 aromatic rings. The number of anilines is 3. The van der Waals surface area contributed by atoms with Gasteiger partial charge in [-0.25, -0.2) is 0 Å². The quantitative estimate of drug-likeness (QED) is 0.160. The molecule has 0 radical (unpaired) electrons. The van der Waals surface area contributed by atoms with E-state index in [9.17, 15) is 0 Å². The summed E-state index contributed by atoms with van der Waals surface area (Å²) >= 11 is 0. The summed E-state index contributed by atoms with van der Waals surface area (Å²) in [4.78, 5) is 2.34. The van der Waals surface area contributed by atoms with Gasteiger partial charge in [0.05, 0.1) is 0 Å². The molecule has 0 aromatic heterocycles. The molecule has 0 amide bonds. The third kappa shape index (κ3) is 6.61. The molecule has 0 bridgehead atoms. The molecule has 0 aliphatic carbocycles. The number of ether oxygens (including phenoxy) is 1. The molecule has 1 aliphatic heterocycles. The van der Waals surface area contributed by atoms with Gasteiger partial charge in [-0.15, -0.1) is 0 Å². The third-order valence-corrected chi connectivity index (χ3v) is 11.7. The Morgan fingerprint density at radius 1 is 0.233 bits per heavy atom. The molecule has 0 fully saturated rings. The first-order valence-corrected chi connectivity index (χ1v) is 20.5. The van der Waals surface area contributed by atoms with Gasteiger partial charge in [0.25, 0.3) is 0 Å². The van der Waals surface area contributed by atoms with Crippen molar-refractivity contribution in [2.24, 2.45) is 0 Å². The van der Waals surface area contributed by atoms with Gasteiger partial charge in [0.2, 0.25) is 0 Å². The molecular formula is C58H39NO. The summed E-state index contributed by atoms with van der Waals surface area (Å²) in [5, 5.41) is 2.43. The lowest BCUT2D eigenvalue weighted by atomic mass is 9.89. The number of nitrogens with zero attached hydrogens (tertiary/aromatic N) is 1. The van der Waals surface area contributed by atoms with Gasteiger partial charge in [-0.05, 0) is 133 Å². The van der Waals surface area contributed by atoms with Gasteiger partial charge in [0, 0.05) is 28.2 Å². The predicted molar refractivity (Wildman–Crippen MR) is 251 cm³/mol. The van der Waals surface area contributed by atoms with Crippen LogP contribution in [-0.4, -0.2) is 0 Å². The highest BCUT2D eigenvalue weighted by Gasteiger charge is 2.23. The fraction of sp³-hybridized carbons (Fsp3) is 0. The molecule has 1 heterocycles. The van der Waals surface area contributed by atoms with Crippen LogP contribution in [0.2, 0.25) is 0 Å². The summed E-state index contributed by atoms with van der Waals surface area (Å²) in [6, 6.07) is 84.8. The molecule has 0 atom stereocenters. The Morgan fingerprint density at radius 3 is 1.28 bits per heavy atom. The third-order valence-electron chi connectivity index (χ3n) is 11.7. The first-order chi connectivity index (χ1) is 29.7. The van der Waals surface area contributed by atoms with Crippen LogP contribution in [-0.2, 0) is 0 Å². The van der Waals surface area contributed by atoms with E-state index in [1.54, 1.807) is 0 Å². The van der Waals surface area contributed by atoms with E-state index in [0.29, 0.717) is 0 Å². The maximum Gasteiger partial charge on any atom is 0.135 e. The van der Waals surface area contributed by atoms with Gasteiger partial charge >= 0.3 is 0 Å². The van der Waals surface area contributed by atoms with Crippen LogP contribution < -0.4 is 9.64 Å². The van der Waals surface area contributed by atoms with Crippen molar-refractivity contribution in [1.29, 1.82) is 0 Å². The van der Waals surface area contributed by atoms with Gasteiger partial charge in [-0.3, -0.25) is 0 Å². The van der Waals surface area contributed by atoms with E-state index in [0.717, 1.165) is 73.1 Å². The number of hydrogen-bond acceptors (Lipinski definition) is 2. The van der Waals surface area contributed by atoms with Crippen molar-refractivity contribution in [1.82, 2.24) is 0 Å². The Balaban J connectivity index is 0.991. The van der Waals surface area contributed by atoms with Crippen molar-refractivity contribution >= 4 is 27.8 Å². The second kappa shape index (κ2) is 15.1. The normalized spacial score (nSPS) is 11.5. The summed E-state index contributed by atoms with van der Waals surface area (Å²) < 4.78 is 6.89. The van der Waals surface area contributed by atoms with Crippen LogP contribution >= 0.6 is 0 Å². The second-order valence-electron chi connectivity index (χ2n) is 15.3. The smallest absolute Gasteiger partial charge is 0.135 e. The Hall–Kier alpha value is -7.94. The van der Waals surface area contributed by atoms with Crippen LogP contribution in [0.5, 0.6) is 11.5 Å². The van der Waals surface area contributed by atoms with Gasteiger partial charge in [0.15, 0.2) is 0 Å². The average molecular weight is 766 g/mol. The molecule has 1 aliphatic rings. The molecular weight excluding hydrogens is 727 g/mol. The molecule has 0 saturated heterocycles. The summed E-state index contributed by atoms with van der Waals surface area (Å²) in [6.07, 6.45) is 0. The number of rotatable bonds is 7. The number of fused-ring (bicyclic) bond motifs is 6. The SMILES string of the molecule is c1ccc(-c2ccc(N(c3ccc(-c4ccc5c(c4)-c4ccc(-c6ccccc6)cc4-c4ccc(-c6ccccc6)cc4O5)cc3)c3ccc4ccccc4c3)cc2)cc1. The van der Waals surface area contributed by atoms with Crippen molar-refractivity contribution in [3.63, 3.8) is 0 Å². The molecule has 0 unspecified atom stereocenters. The lowest BCUT2D eigenvalue weighted by molar-refractivity contribution is 0.488. The van der Waals surface area contributed by atoms with Crippen LogP contribution in [0.25, 0.3) is 77.5 Å². The van der Waals surface area contributed by atoms with Crippen LogP contribution in [0.3, 0.4) is 0 Å². The number of benzene rings is 10. The zero-order valence-corrected chi connectivity index (χ0v) is 32.9. The number of hydrogen-bond donors (Lipinski definition) is 0. The van der Waals surface area contributed by atoms with Crippen LogP contribution in [0.15, 0.2) is 237 Å². The summed E-state index contributed by atoms with van der Waals surface area (Å²) in [5.74, 6) is 1.69. The molecule has 0 spiro atoms. The minimum absolute atomic E-state index is 0.842. The minimum atomic E-state index is 0.842. The molecule has 2 heteroatoms. The fourth-order valence-corrected chi connectivity index (χ4v) is 8.58. The van der Waals surface area contributed by atoms with Crippen molar-refractivity contribution < 1.29 is 4.74 Å². The van der Waals surface area contributed by atoms with E-state index in [1.807, 2.05) is 0 Å². The predicted octanol–water partition coefficient (Wildman–Crippen LogP) is 16.4. The van der Waals surface area contributed by atoms with E-state index < -0.39 is 0 Å². The van der Waals surface area contributed by atoms with Crippen LogP contribution in [0.4, 0.5) is 17.1 Å². The summed E-state index contributed by atoms with van der Waals surface area (Å²) in [6.45, 7) is 0. The maximum atomic E-state index is 6.89. The molecule has 0 N–H and O–H groups in total. The van der Waals surface area contributed by atoms with Gasteiger partial charge < -0.3 is 9.64 Å². The van der Waals surface area contributed by atoms with E-state index in [4.69, 9.17) is 4.74 Å². The summed E-state index contributed by atoms with van der Waals surface area (Å²) in [7, 11) is 0. The van der Waals surface area contributed by atoms with Crippen molar-refractivity contribution in [3.8, 4) is 78.3 Å².